The summed E-state index contributed by atoms with van der Waals surface area (Å²) in [6.45, 7) is 0.775. The fourth-order valence-corrected chi connectivity index (χ4v) is 3.38. The van der Waals surface area contributed by atoms with E-state index in [1.807, 2.05) is 0 Å². The second-order valence-corrected chi connectivity index (χ2v) is 5.90. The molecule has 2 fully saturated rings. The highest BCUT2D eigenvalue weighted by atomic mass is 16.2. The van der Waals surface area contributed by atoms with Crippen LogP contribution in [0.1, 0.15) is 57.8 Å². The van der Waals surface area contributed by atoms with E-state index in [4.69, 9.17) is 5.26 Å². The van der Waals surface area contributed by atoms with Crippen molar-refractivity contribution in [3.63, 3.8) is 0 Å². The third kappa shape index (κ3) is 4.50. The number of carbonyl (C=O) groups is 1. The Labute approximate surface area is 116 Å². The van der Waals surface area contributed by atoms with Crippen molar-refractivity contribution in [3.8, 4) is 6.07 Å². The van der Waals surface area contributed by atoms with Crippen LogP contribution in [0, 0.1) is 11.3 Å². The second kappa shape index (κ2) is 7.49. The highest BCUT2D eigenvalue weighted by Crippen LogP contribution is 2.23. The van der Waals surface area contributed by atoms with Crippen molar-refractivity contribution >= 4 is 5.91 Å². The molecule has 106 valence electrons. The molecule has 0 aromatic carbocycles. The Hall–Kier alpha value is -1.08. The Bertz CT molecular complexity index is 325. The van der Waals surface area contributed by atoms with Crippen LogP contribution >= 0.6 is 0 Å². The van der Waals surface area contributed by atoms with Gasteiger partial charge < -0.3 is 5.32 Å². The number of carbonyl (C=O) groups excluding carboxylic acids is 1. The summed E-state index contributed by atoms with van der Waals surface area (Å²) in [4.78, 5) is 14.2. The summed E-state index contributed by atoms with van der Waals surface area (Å²) in [5.41, 5.74) is 0. The van der Waals surface area contributed by atoms with Gasteiger partial charge in [0.05, 0.1) is 19.2 Å². The molecule has 0 atom stereocenters. The molecule has 0 unspecified atom stereocenters. The molecular weight excluding hydrogens is 238 g/mol. The van der Waals surface area contributed by atoms with Crippen LogP contribution in [0.15, 0.2) is 0 Å². The lowest BCUT2D eigenvalue weighted by molar-refractivity contribution is -0.123. The molecule has 0 aliphatic heterocycles. The van der Waals surface area contributed by atoms with E-state index in [9.17, 15) is 4.79 Å². The molecular formula is C15H25N3O. The van der Waals surface area contributed by atoms with Crippen molar-refractivity contribution < 1.29 is 4.79 Å². The zero-order valence-electron chi connectivity index (χ0n) is 11.7. The summed E-state index contributed by atoms with van der Waals surface area (Å²) in [6.07, 6.45) is 10.7. The largest absolute Gasteiger partial charge is 0.352 e. The van der Waals surface area contributed by atoms with Gasteiger partial charge in [0, 0.05) is 12.1 Å². The molecule has 0 aromatic rings. The minimum atomic E-state index is 0.106. The molecule has 2 aliphatic carbocycles. The molecule has 4 heteroatoms. The van der Waals surface area contributed by atoms with Crippen molar-refractivity contribution in [2.24, 2.45) is 0 Å². The van der Waals surface area contributed by atoms with Gasteiger partial charge in [-0.3, -0.25) is 9.69 Å². The number of hydrogen-bond donors (Lipinski definition) is 1. The average Bonchev–Trinajstić information content (AvgIpc) is 2.93. The number of rotatable bonds is 5. The van der Waals surface area contributed by atoms with E-state index in [1.54, 1.807) is 0 Å². The molecule has 2 aliphatic rings. The average molecular weight is 263 g/mol. The Morgan fingerprint density at radius 2 is 1.74 bits per heavy atom. The minimum Gasteiger partial charge on any atom is -0.352 e. The highest BCUT2D eigenvalue weighted by molar-refractivity contribution is 5.78. The molecule has 19 heavy (non-hydrogen) atoms. The smallest absolute Gasteiger partial charge is 0.234 e. The lowest BCUT2D eigenvalue weighted by Gasteiger charge is -2.28. The highest BCUT2D eigenvalue weighted by Gasteiger charge is 2.25. The van der Waals surface area contributed by atoms with Crippen molar-refractivity contribution in [3.05, 3.63) is 0 Å². The Balaban J connectivity index is 1.78. The quantitative estimate of drug-likeness (QED) is 0.774. The summed E-state index contributed by atoms with van der Waals surface area (Å²) >= 11 is 0. The predicted molar refractivity (Wildman–Crippen MR) is 74.5 cm³/mol. The second-order valence-electron chi connectivity index (χ2n) is 5.90. The zero-order valence-corrected chi connectivity index (χ0v) is 11.7. The third-order valence-corrected chi connectivity index (χ3v) is 4.43. The molecule has 1 amide bonds. The maximum Gasteiger partial charge on any atom is 0.234 e. The number of amides is 1. The van der Waals surface area contributed by atoms with Gasteiger partial charge in [-0.25, -0.2) is 0 Å². The van der Waals surface area contributed by atoms with Crippen LogP contribution in [-0.2, 0) is 4.79 Å². The zero-order chi connectivity index (χ0) is 13.5. The first-order chi connectivity index (χ1) is 9.29. The molecule has 0 spiro atoms. The van der Waals surface area contributed by atoms with Crippen LogP contribution in [0.25, 0.3) is 0 Å². The SMILES string of the molecule is N#CCN(CC(=O)NC1CCCCC1)C1CCCC1. The molecule has 2 rings (SSSR count). The van der Waals surface area contributed by atoms with E-state index in [0.29, 0.717) is 25.2 Å². The number of nitrogens with zero attached hydrogens (tertiary/aromatic N) is 2. The van der Waals surface area contributed by atoms with E-state index in [2.05, 4.69) is 16.3 Å². The topological polar surface area (TPSA) is 56.1 Å². The number of nitriles is 1. The first-order valence-electron chi connectivity index (χ1n) is 7.70. The standard InChI is InChI=1S/C15H25N3O/c16-10-11-18(14-8-4-5-9-14)12-15(19)17-13-6-2-1-3-7-13/h13-14H,1-9,11-12H2,(H,17,19). The van der Waals surface area contributed by atoms with Gasteiger partial charge in [0.2, 0.25) is 5.91 Å². The summed E-state index contributed by atoms with van der Waals surface area (Å²) in [5.74, 6) is 0.106. The van der Waals surface area contributed by atoms with Gasteiger partial charge in [-0.15, -0.1) is 0 Å². The monoisotopic (exact) mass is 263 g/mol. The van der Waals surface area contributed by atoms with Gasteiger partial charge in [-0.1, -0.05) is 32.1 Å². The summed E-state index contributed by atoms with van der Waals surface area (Å²) in [5, 5.41) is 12.0. The molecule has 0 bridgehead atoms. The number of hydrogen-bond acceptors (Lipinski definition) is 3. The minimum absolute atomic E-state index is 0.106. The predicted octanol–water partition coefficient (Wildman–Crippen LogP) is 2.20. The van der Waals surface area contributed by atoms with Gasteiger partial charge >= 0.3 is 0 Å². The third-order valence-electron chi connectivity index (χ3n) is 4.43. The molecule has 1 N–H and O–H groups in total. The Morgan fingerprint density at radius 3 is 2.37 bits per heavy atom. The normalized spacial score (nSPS) is 21.5. The van der Waals surface area contributed by atoms with Gasteiger partial charge in [-0.2, -0.15) is 5.26 Å². The molecule has 2 saturated carbocycles. The maximum atomic E-state index is 12.1. The van der Waals surface area contributed by atoms with Crippen LogP contribution in [0.4, 0.5) is 0 Å². The summed E-state index contributed by atoms with van der Waals surface area (Å²) in [6, 6.07) is 3.01. The van der Waals surface area contributed by atoms with Crippen LogP contribution in [0.5, 0.6) is 0 Å². The van der Waals surface area contributed by atoms with Gasteiger partial charge in [0.15, 0.2) is 0 Å². The van der Waals surface area contributed by atoms with E-state index in [-0.39, 0.29) is 5.91 Å². The fourth-order valence-electron chi connectivity index (χ4n) is 3.38. The fraction of sp³-hybridized carbons (Fsp3) is 0.867. The van der Waals surface area contributed by atoms with Crippen molar-refractivity contribution in [2.75, 3.05) is 13.1 Å². The first kappa shape index (κ1) is 14.3. The number of nitrogens with one attached hydrogen (secondary N) is 1. The van der Waals surface area contributed by atoms with Crippen molar-refractivity contribution in [1.29, 1.82) is 5.26 Å². The van der Waals surface area contributed by atoms with Crippen LogP contribution in [-0.4, -0.2) is 36.0 Å². The van der Waals surface area contributed by atoms with E-state index in [1.165, 1.54) is 32.1 Å². The molecule has 0 heterocycles. The van der Waals surface area contributed by atoms with Gasteiger partial charge in [0.25, 0.3) is 0 Å². The maximum absolute atomic E-state index is 12.1. The van der Waals surface area contributed by atoms with Crippen molar-refractivity contribution in [1.82, 2.24) is 10.2 Å². The van der Waals surface area contributed by atoms with E-state index < -0.39 is 0 Å². The lowest BCUT2D eigenvalue weighted by atomic mass is 9.95. The molecule has 0 aromatic heterocycles. The van der Waals surface area contributed by atoms with Gasteiger partial charge in [-0.05, 0) is 25.7 Å². The van der Waals surface area contributed by atoms with Crippen LogP contribution in [0.2, 0.25) is 0 Å². The first-order valence-corrected chi connectivity index (χ1v) is 7.70. The molecule has 0 radical (unpaired) electrons. The molecule has 0 saturated heterocycles. The molecule has 4 nitrogen and oxygen atoms in total. The van der Waals surface area contributed by atoms with Gasteiger partial charge in [0.1, 0.15) is 0 Å². The van der Waals surface area contributed by atoms with Crippen molar-refractivity contribution in [2.45, 2.75) is 69.9 Å². The Morgan fingerprint density at radius 1 is 1.11 bits per heavy atom. The van der Waals surface area contributed by atoms with E-state index >= 15 is 0 Å². The van der Waals surface area contributed by atoms with Crippen LogP contribution < -0.4 is 5.32 Å². The summed E-state index contributed by atoms with van der Waals surface area (Å²) < 4.78 is 0. The lowest BCUT2D eigenvalue weighted by Crippen LogP contribution is -2.45. The van der Waals surface area contributed by atoms with Crippen LogP contribution in [0.3, 0.4) is 0 Å². The Kier molecular flexibility index (Phi) is 5.65. The summed E-state index contributed by atoms with van der Waals surface area (Å²) in [7, 11) is 0. The van der Waals surface area contributed by atoms with E-state index in [0.717, 1.165) is 25.7 Å².